The summed E-state index contributed by atoms with van der Waals surface area (Å²) in [6, 6.07) is 31.2. The van der Waals surface area contributed by atoms with E-state index >= 15 is 0 Å². The third kappa shape index (κ3) is 15.6. The fraction of sp³-hybridized carbons (Fsp3) is 0.118. The van der Waals surface area contributed by atoms with Gasteiger partial charge in [-0.15, -0.1) is 49.3 Å². The van der Waals surface area contributed by atoms with Gasteiger partial charge in [-0.05, 0) is 142 Å². The molecular weight excluding hydrogens is 1380 g/mol. The summed E-state index contributed by atoms with van der Waals surface area (Å²) in [4.78, 5) is 61.8. The van der Waals surface area contributed by atoms with Gasteiger partial charge in [0.1, 0.15) is 17.1 Å². The van der Waals surface area contributed by atoms with Crippen LogP contribution in [0.2, 0.25) is 13.0 Å². The van der Waals surface area contributed by atoms with Gasteiger partial charge in [-0.1, -0.05) is 56.5 Å². The number of hydrogen-bond acceptors (Lipinski definition) is 17. The van der Waals surface area contributed by atoms with E-state index in [0.717, 1.165) is 18.4 Å². The molecule has 0 aliphatic carbocycles. The lowest BCUT2D eigenvalue weighted by Crippen LogP contribution is -2.21. The smallest absolute Gasteiger partial charge is 0.340 e. The first-order valence-corrected chi connectivity index (χ1v) is 28.9. The lowest BCUT2D eigenvalue weighted by molar-refractivity contribution is 0.0600. The van der Waals surface area contributed by atoms with E-state index in [-0.39, 0.29) is 56.1 Å². The minimum atomic E-state index is -0.460. The van der Waals surface area contributed by atoms with Crippen LogP contribution in [0.3, 0.4) is 0 Å². The molecule has 10 aromatic rings. The number of aliphatic hydroxyl groups excluding tert-OH is 2. The predicted octanol–water partition coefficient (Wildman–Crippen LogP) is 8.87. The number of amides is 3. The number of esters is 1. The van der Waals surface area contributed by atoms with Crippen molar-refractivity contribution in [2.24, 2.45) is 0 Å². The SMILES string of the molecule is COC(=O)c1cc(I)ccc1-n1cc(CNC(=O)c2ccc(Cl)s2)nn1.O=C(NCc1cn(-c2ccc(-n3ccccc3=O)cc2CO)nn1)c1ccc(Cl)s1.O=C(NCc1cn(-c2ccc(I)cc2CO)nn1)c1ccc(Cl)s1. The molecule has 5 N–H and O–H groups in total. The molecular formula is C51H40Cl3I2N13O8S3. The molecule has 0 saturated heterocycles. The van der Waals surface area contributed by atoms with Gasteiger partial charge in [0.15, 0.2) is 0 Å². The Morgan fingerprint density at radius 2 is 0.988 bits per heavy atom. The number of rotatable bonds is 16. The van der Waals surface area contributed by atoms with Gasteiger partial charge in [-0.25, -0.2) is 18.8 Å². The zero-order valence-corrected chi connectivity index (χ0v) is 50.2. The molecule has 10 rings (SSSR count). The number of halogens is 5. The van der Waals surface area contributed by atoms with Crippen LogP contribution in [0.25, 0.3) is 22.7 Å². The number of nitrogens with one attached hydrogen (secondary N) is 3. The summed E-state index contributed by atoms with van der Waals surface area (Å²) in [5.41, 5.74) is 5.85. The molecule has 0 spiro atoms. The van der Waals surface area contributed by atoms with Crippen molar-refractivity contribution >= 4 is 138 Å². The summed E-state index contributed by atoms with van der Waals surface area (Å²) < 4.78 is 14.5. The Bertz CT molecular complexity index is 3900. The second-order valence-electron chi connectivity index (χ2n) is 16.3. The number of pyridine rings is 1. The molecule has 0 fully saturated rings. The van der Waals surface area contributed by atoms with E-state index in [1.807, 2.05) is 24.3 Å². The molecule has 0 aliphatic heterocycles. The normalized spacial score (nSPS) is 10.8. The van der Waals surface area contributed by atoms with Crippen LogP contribution >= 0.6 is 114 Å². The summed E-state index contributed by atoms with van der Waals surface area (Å²) in [5, 5.41) is 51.9. The van der Waals surface area contributed by atoms with Crippen molar-refractivity contribution in [2.75, 3.05) is 7.11 Å². The van der Waals surface area contributed by atoms with E-state index < -0.39 is 5.97 Å². The van der Waals surface area contributed by atoms with Crippen LogP contribution < -0.4 is 21.5 Å². The maximum Gasteiger partial charge on any atom is 0.340 e. The third-order valence-electron chi connectivity index (χ3n) is 11.0. The van der Waals surface area contributed by atoms with Gasteiger partial charge in [-0.2, -0.15) is 0 Å². The molecule has 0 aliphatic rings. The zero-order valence-electron chi connectivity index (χ0n) is 41.2. The molecule has 80 heavy (non-hydrogen) atoms. The molecule has 0 atom stereocenters. The molecule has 7 heterocycles. The van der Waals surface area contributed by atoms with Gasteiger partial charge < -0.3 is 30.9 Å². The van der Waals surface area contributed by atoms with E-state index in [2.05, 4.69) is 92.1 Å². The van der Waals surface area contributed by atoms with Gasteiger partial charge in [0.2, 0.25) is 0 Å². The van der Waals surface area contributed by atoms with Crippen LogP contribution in [0.1, 0.15) is 67.6 Å². The van der Waals surface area contributed by atoms with Crippen molar-refractivity contribution in [3.8, 4) is 22.7 Å². The highest BCUT2D eigenvalue weighted by Crippen LogP contribution is 2.25. The average Bonchev–Trinajstić information content (AvgIpc) is 4.37. The molecule has 0 saturated carbocycles. The fourth-order valence-corrected chi connectivity index (χ4v) is 11.1. The van der Waals surface area contributed by atoms with Crippen LogP contribution in [0, 0.1) is 7.14 Å². The zero-order chi connectivity index (χ0) is 56.9. The molecule has 0 radical (unpaired) electrons. The van der Waals surface area contributed by atoms with Crippen molar-refractivity contribution in [3.05, 3.63) is 213 Å². The standard InChI is InChI=1S/C20H16ClN5O3S.C16H12ClIN4O3S.C15H12ClIN4O2S/c21-18-7-6-17(30-18)20(29)22-10-14-11-26(24-23-14)16-5-4-15(9-13(16)12-27)25-8-2-1-3-19(25)28;1-25-16(24)11-6-9(18)2-3-12(11)22-8-10(20-21-22)7-19-15(23)13-4-5-14(17)26-13;16-14-4-3-13(24-14)15(23)18-6-11-7-21(20-19-11)12-2-1-10(17)5-9(12)8-22/h1-9,11,27H,10,12H2,(H,22,29);2-6,8H,7H2,1H3,(H,19,23);1-5,7,22H,6,8H2,(H,18,23). The number of carbonyl (C=O) groups is 4. The van der Waals surface area contributed by atoms with Crippen molar-refractivity contribution in [1.82, 2.24) is 65.5 Å². The van der Waals surface area contributed by atoms with Gasteiger partial charge >= 0.3 is 5.97 Å². The molecule has 0 bridgehead atoms. The average molecular weight is 1420 g/mol. The second-order valence-corrected chi connectivity index (χ2v) is 23.9. The van der Waals surface area contributed by atoms with Crippen LogP contribution in [0.5, 0.6) is 0 Å². The topological polar surface area (TPSA) is 268 Å². The largest absolute Gasteiger partial charge is 0.465 e. The first kappa shape index (κ1) is 59.4. The first-order valence-electron chi connectivity index (χ1n) is 23.1. The number of methoxy groups -OCH3 is 1. The number of aliphatic hydroxyl groups is 2. The van der Waals surface area contributed by atoms with Crippen molar-refractivity contribution in [3.63, 3.8) is 0 Å². The van der Waals surface area contributed by atoms with Crippen LogP contribution in [-0.2, 0) is 37.6 Å². The minimum Gasteiger partial charge on any atom is -0.465 e. The molecule has 0 unspecified atom stereocenters. The van der Waals surface area contributed by atoms with E-state index in [1.165, 1.54) is 61.1 Å². The van der Waals surface area contributed by atoms with E-state index in [4.69, 9.17) is 39.5 Å². The van der Waals surface area contributed by atoms with Crippen molar-refractivity contribution in [1.29, 1.82) is 0 Å². The molecule has 3 aromatic carbocycles. The highest BCUT2D eigenvalue weighted by molar-refractivity contribution is 14.1. The Morgan fingerprint density at radius 3 is 1.41 bits per heavy atom. The van der Waals surface area contributed by atoms with Gasteiger partial charge in [0.05, 0.1) is 109 Å². The lowest BCUT2D eigenvalue weighted by Gasteiger charge is -2.11. The number of ether oxygens (including phenoxy) is 1. The molecule has 21 nitrogen and oxygen atoms in total. The van der Waals surface area contributed by atoms with E-state index in [9.17, 15) is 34.2 Å². The van der Waals surface area contributed by atoms with Crippen LogP contribution in [0.4, 0.5) is 0 Å². The molecule has 410 valence electrons. The van der Waals surface area contributed by atoms with Crippen LogP contribution in [-0.4, -0.2) is 90.6 Å². The Hall–Kier alpha value is -6.74. The predicted molar refractivity (Wildman–Crippen MR) is 320 cm³/mol. The maximum atomic E-state index is 12.1. The number of thiophene rings is 3. The summed E-state index contributed by atoms with van der Waals surface area (Å²) in [6.45, 7) is 0.326. The molecule has 7 aromatic heterocycles. The van der Waals surface area contributed by atoms with Gasteiger partial charge in [0.25, 0.3) is 23.3 Å². The summed E-state index contributed by atoms with van der Waals surface area (Å²) in [6.07, 6.45) is 6.71. The summed E-state index contributed by atoms with van der Waals surface area (Å²) >= 11 is 25.4. The number of hydrogen-bond donors (Lipinski definition) is 5. The Kier molecular flexibility index (Phi) is 20.9. The Balaban J connectivity index is 0.000000159. The quantitative estimate of drug-likeness (QED) is 0.0447. The van der Waals surface area contributed by atoms with Crippen molar-refractivity contribution < 1.29 is 34.1 Å². The van der Waals surface area contributed by atoms with Crippen molar-refractivity contribution in [2.45, 2.75) is 32.8 Å². The molecule has 29 heteroatoms. The highest BCUT2D eigenvalue weighted by Gasteiger charge is 2.18. The summed E-state index contributed by atoms with van der Waals surface area (Å²) in [5.74, 6) is -1.14. The minimum absolute atomic E-state index is 0.0861. The maximum absolute atomic E-state index is 12.1. The van der Waals surface area contributed by atoms with E-state index in [1.54, 1.807) is 108 Å². The summed E-state index contributed by atoms with van der Waals surface area (Å²) in [7, 11) is 1.32. The van der Waals surface area contributed by atoms with Gasteiger partial charge in [0, 0.05) is 36.2 Å². The third-order valence-corrected chi connectivity index (χ3v) is 16.0. The van der Waals surface area contributed by atoms with Gasteiger partial charge in [-0.3, -0.25) is 23.7 Å². The number of aromatic nitrogens is 10. The van der Waals surface area contributed by atoms with Crippen LogP contribution in [0.15, 0.2) is 139 Å². The molecule has 3 amide bonds. The highest BCUT2D eigenvalue weighted by atomic mass is 127. The first-order chi connectivity index (χ1) is 38.6. The Labute approximate surface area is 508 Å². The monoisotopic (exact) mass is 1420 g/mol. The number of benzene rings is 3. The van der Waals surface area contributed by atoms with E-state index in [0.29, 0.717) is 72.9 Å². The number of carbonyl (C=O) groups excluding carboxylic acids is 4. The number of nitrogens with zero attached hydrogens (tertiary/aromatic N) is 10. The fourth-order valence-electron chi connectivity index (χ4n) is 7.17. The lowest BCUT2D eigenvalue weighted by atomic mass is 10.1. The Morgan fingerprint density at radius 1 is 0.562 bits per heavy atom. The second kappa shape index (κ2) is 28.1.